The van der Waals surface area contributed by atoms with Gasteiger partial charge in [0.25, 0.3) is 0 Å². The molecule has 0 spiro atoms. The van der Waals surface area contributed by atoms with Crippen LogP contribution in [0.4, 0.5) is 0 Å². The highest BCUT2D eigenvalue weighted by atomic mass is 16.5. The van der Waals surface area contributed by atoms with Gasteiger partial charge in [-0.2, -0.15) is 0 Å². The van der Waals surface area contributed by atoms with Gasteiger partial charge in [-0.25, -0.2) is 0 Å². The number of carbonyl (C=O) groups is 1. The average molecular weight is 261 g/mol. The fourth-order valence-electron chi connectivity index (χ4n) is 2.02. The molecule has 0 aliphatic carbocycles. The van der Waals surface area contributed by atoms with Gasteiger partial charge in [-0.3, -0.25) is 4.79 Å². The van der Waals surface area contributed by atoms with Gasteiger partial charge < -0.3 is 24.6 Å². The molecule has 0 aromatic heterocycles. The van der Waals surface area contributed by atoms with Crippen LogP contribution in [0.2, 0.25) is 0 Å². The number of methoxy groups -OCH3 is 1. The molecule has 2 N–H and O–H groups in total. The van der Waals surface area contributed by atoms with Crippen LogP contribution in [0.5, 0.6) is 0 Å². The highest BCUT2D eigenvalue weighted by Gasteiger charge is 2.40. The van der Waals surface area contributed by atoms with Crippen molar-refractivity contribution in [1.29, 1.82) is 0 Å². The summed E-state index contributed by atoms with van der Waals surface area (Å²) >= 11 is 0. The van der Waals surface area contributed by atoms with Crippen molar-refractivity contribution in [2.45, 2.75) is 24.8 Å². The first kappa shape index (κ1) is 15.4. The largest absolute Gasteiger partial charge is 0.480 e. The molecule has 1 aliphatic rings. The fourth-order valence-corrected chi connectivity index (χ4v) is 2.02. The van der Waals surface area contributed by atoms with Crippen LogP contribution in [0, 0.1) is 0 Å². The van der Waals surface area contributed by atoms with Gasteiger partial charge in [-0.05, 0) is 25.8 Å². The van der Waals surface area contributed by atoms with E-state index in [2.05, 4.69) is 5.32 Å². The second kappa shape index (κ2) is 8.42. The van der Waals surface area contributed by atoms with Crippen molar-refractivity contribution in [3.8, 4) is 0 Å². The maximum Gasteiger partial charge on any atom is 0.323 e. The van der Waals surface area contributed by atoms with Gasteiger partial charge in [0.1, 0.15) is 5.54 Å². The number of aliphatic carboxylic acids is 1. The summed E-state index contributed by atoms with van der Waals surface area (Å²) in [5, 5.41) is 12.3. The first-order chi connectivity index (χ1) is 8.71. The molecule has 1 saturated heterocycles. The van der Waals surface area contributed by atoms with Crippen LogP contribution in [0.15, 0.2) is 0 Å². The molecule has 18 heavy (non-hydrogen) atoms. The number of hydrogen-bond acceptors (Lipinski definition) is 5. The van der Waals surface area contributed by atoms with Crippen LogP contribution in [-0.2, 0) is 19.0 Å². The highest BCUT2D eigenvalue weighted by molar-refractivity contribution is 5.79. The Morgan fingerprint density at radius 1 is 1.22 bits per heavy atom. The van der Waals surface area contributed by atoms with Gasteiger partial charge in [-0.1, -0.05) is 0 Å². The van der Waals surface area contributed by atoms with Gasteiger partial charge >= 0.3 is 5.97 Å². The summed E-state index contributed by atoms with van der Waals surface area (Å²) in [5.41, 5.74) is -0.781. The van der Waals surface area contributed by atoms with Crippen LogP contribution in [0.3, 0.4) is 0 Å². The zero-order chi connectivity index (χ0) is 13.3. The first-order valence-electron chi connectivity index (χ1n) is 6.34. The number of rotatable bonds is 10. The summed E-state index contributed by atoms with van der Waals surface area (Å²) in [6, 6.07) is 0. The van der Waals surface area contributed by atoms with Crippen LogP contribution in [0.1, 0.15) is 19.3 Å². The zero-order valence-electron chi connectivity index (χ0n) is 10.9. The van der Waals surface area contributed by atoms with Gasteiger partial charge in [0, 0.05) is 13.7 Å². The lowest BCUT2D eigenvalue weighted by Gasteiger charge is -2.24. The number of hydrogen-bond donors (Lipinski definition) is 2. The van der Waals surface area contributed by atoms with Crippen molar-refractivity contribution >= 4 is 5.97 Å². The Kier molecular flexibility index (Phi) is 7.19. The normalized spacial score (nSPS) is 23.4. The van der Waals surface area contributed by atoms with E-state index in [1.54, 1.807) is 7.11 Å². The van der Waals surface area contributed by atoms with E-state index < -0.39 is 11.5 Å². The second-order valence-corrected chi connectivity index (χ2v) is 4.39. The smallest absolute Gasteiger partial charge is 0.323 e. The standard InChI is InChI=1S/C12H23NO5/c1-16-7-8-18-10-9-17-6-4-12(11(14)15)3-2-5-13-12/h13H,2-10H2,1H3,(H,14,15). The minimum atomic E-state index is -0.781. The Morgan fingerprint density at radius 3 is 2.44 bits per heavy atom. The SMILES string of the molecule is COCCOCCOCCC1(C(=O)O)CCCN1. The molecular formula is C12H23NO5. The van der Waals surface area contributed by atoms with Crippen molar-refractivity contribution < 1.29 is 24.1 Å². The molecule has 106 valence electrons. The van der Waals surface area contributed by atoms with Crippen molar-refractivity contribution in [2.24, 2.45) is 0 Å². The summed E-state index contributed by atoms with van der Waals surface area (Å²) in [7, 11) is 1.62. The molecule has 6 nitrogen and oxygen atoms in total. The summed E-state index contributed by atoms with van der Waals surface area (Å²) in [5.74, 6) is -0.778. The van der Waals surface area contributed by atoms with Crippen molar-refractivity contribution in [3.05, 3.63) is 0 Å². The molecule has 1 aliphatic heterocycles. The van der Waals surface area contributed by atoms with Crippen LogP contribution in [0.25, 0.3) is 0 Å². The van der Waals surface area contributed by atoms with Gasteiger partial charge in [0.05, 0.1) is 26.4 Å². The predicted octanol–water partition coefficient (Wildman–Crippen LogP) is 0.263. The lowest BCUT2D eigenvalue weighted by molar-refractivity contribution is -0.145. The molecule has 1 unspecified atom stereocenters. The third-order valence-corrected chi connectivity index (χ3v) is 3.13. The quantitative estimate of drug-likeness (QED) is 0.549. The Balaban J connectivity index is 2.04. The van der Waals surface area contributed by atoms with E-state index in [4.69, 9.17) is 14.2 Å². The molecule has 0 radical (unpaired) electrons. The first-order valence-corrected chi connectivity index (χ1v) is 6.34. The van der Waals surface area contributed by atoms with E-state index in [0.717, 1.165) is 13.0 Å². The maximum absolute atomic E-state index is 11.2. The third-order valence-electron chi connectivity index (χ3n) is 3.13. The number of nitrogens with one attached hydrogen (secondary N) is 1. The zero-order valence-corrected chi connectivity index (χ0v) is 10.9. The van der Waals surface area contributed by atoms with E-state index in [-0.39, 0.29) is 0 Å². The van der Waals surface area contributed by atoms with Gasteiger partial charge in [0.15, 0.2) is 0 Å². The van der Waals surface area contributed by atoms with Crippen molar-refractivity contribution in [1.82, 2.24) is 5.32 Å². The molecule has 6 heteroatoms. The minimum absolute atomic E-state index is 0.437. The van der Waals surface area contributed by atoms with E-state index in [1.807, 2.05) is 0 Å². The Labute approximate surface area is 108 Å². The average Bonchev–Trinajstić information content (AvgIpc) is 2.83. The third kappa shape index (κ3) is 4.89. The molecule has 0 amide bonds. The molecule has 1 atom stereocenters. The van der Waals surface area contributed by atoms with Gasteiger partial charge in [-0.15, -0.1) is 0 Å². The van der Waals surface area contributed by atoms with Crippen molar-refractivity contribution in [3.63, 3.8) is 0 Å². The molecule has 0 saturated carbocycles. The summed E-state index contributed by atoms with van der Waals surface area (Å²) in [6.45, 7) is 3.34. The minimum Gasteiger partial charge on any atom is -0.480 e. The summed E-state index contributed by atoms with van der Waals surface area (Å²) < 4.78 is 15.5. The molecule has 0 bridgehead atoms. The van der Waals surface area contributed by atoms with E-state index in [1.165, 1.54) is 0 Å². The fraction of sp³-hybridized carbons (Fsp3) is 0.917. The monoisotopic (exact) mass is 261 g/mol. The van der Waals surface area contributed by atoms with E-state index >= 15 is 0 Å². The predicted molar refractivity (Wildman–Crippen MR) is 65.7 cm³/mol. The lowest BCUT2D eigenvalue weighted by Crippen LogP contribution is -2.48. The van der Waals surface area contributed by atoms with E-state index in [9.17, 15) is 9.90 Å². The Morgan fingerprint density at radius 2 is 1.89 bits per heavy atom. The lowest BCUT2D eigenvalue weighted by atomic mass is 9.94. The molecule has 0 aromatic rings. The topological polar surface area (TPSA) is 77.0 Å². The summed E-state index contributed by atoms with van der Waals surface area (Å²) in [6.07, 6.45) is 2.09. The number of carboxylic acids is 1. The molecule has 1 heterocycles. The van der Waals surface area contributed by atoms with Crippen LogP contribution in [-0.4, -0.2) is 63.3 Å². The number of carboxylic acid groups (broad SMARTS) is 1. The second-order valence-electron chi connectivity index (χ2n) is 4.39. The van der Waals surface area contributed by atoms with Gasteiger partial charge in [0.2, 0.25) is 0 Å². The Bertz CT molecular complexity index is 241. The highest BCUT2D eigenvalue weighted by Crippen LogP contribution is 2.23. The molecule has 0 aromatic carbocycles. The maximum atomic E-state index is 11.2. The molecule has 1 rings (SSSR count). The molecular weight excluding hydrogens is 238 g/mol. The number of ether oxygens (including phenoxy) is 3. The molecule has 1 fully saturated rings. The van der Waals surface area contributed by atoms with Crippen molar-refractivity contribution in [2.75, 3.05) is 46.7 Å². The van der Waals surface area contributed by atoms with Crippen LogP contribution >= 0.6 is 0 Å². The van der Waals surface area contributed by atoms with E-state index in [0.29, 0.717) is 45.9 Å². The Hall–Kier alpha value is -0.690. The van der Waals surface area contributed by atoms with Crippen LogP contribution < -0.4 is 5.32 Å². The summed E-state index contributed by atoms with van der Waals surface area (Å²) in [4.78, 5) is 11.2.